The van der Waals surface area contributed by atoms with E-state index in [0.717, 1.165) is 43.1 Å². The van der Waals surface area contributed by atoms with E-state index in [9.17, 15) is 9.59 Å². The number of carbonyl (C=O) groups is 1. The quantitative estimate of drug-likeness (QED) is 0.343. The van der Waals surface area contributed by atoms with Crippen LogP contribution < -0.4 is 15.6 Å². The third-order valence-corrected chi connectivity index (χ3v) is 7.41. The molecule has 1 aliphatic heterocycles. The zero-order valence-corrected chi connectivity index (χ0v) is 25.1. The summed E-state index contributed by atoms with van der Waals surface area (Å²) in [6.07, 6.45) is 5.61. The number of aliphatic hydroxyl groups excluding tert-OH is 1. The highest BCUT2D eigenvalue weighted by atomic mass is 35.5. The lowest BCUT2D eigenvalue weighted by Gasteiger charge is -2.29. The second-order valence-corrected chi connectivity index (χ2v) is 11.1. The maximum Gasteiger partial charge on any atom is 0.258 e. The lowest BCUT2D eigenvalue weighted by atomic mass is 9.91. The summed E-state index contributed by atoms with van der Waals surface area (Å²) in [5, 5.41) is 12.0. The molecular formula is C32H37ClN2O6. The van der Waals surface area contributed by atoms with Gasteiger partial charge in [-0.15, -0.1) is 0 Å². The summed E-state index contributed by atoms with van der Waals surface area (Å²) in [6, 6.07) is 9.56. The topological polar surface area (TPSA) is 99.0 Å². The van der Waals surface area contributed by atoms with E-state index in [2.05, 4.69) is 11.4 Å². The molecule has 0 saturated heterocycles. The van der Waals surface area contributed by atoms with Gasteiger partial charge < -0.3 is 34.0 Å². The SMILES string of the molecule is CO.COC1=CC(c2ccc3c(-c4ccc5c(c4Cl)NCCO5)c([C@H](C=O)OC(C)(C)C)n(C)c(=O)c3c2)=CCC1. The summed E-state index contributed by atoms with van der Waals surface area (Å²) < 4.78 is 19.0. The largest absolute Gasteiger partial charge is 0.501 e. The van der Waals surface area contributed by atoms with E-state index in [4.69, 9.17) is 30.9 Å². The number of aromatic nitrogens is 1. The van der Waals surface area contributed by atoms with E-state index in [1.165, 1.54) is 4.57 Å². The number of pyridine rings is 1. The standard InChI is InChI=1S/C31H33ClN2O5.CH4O/c1-31(2,3)39-25(17-35)29-26(22-11-12-24-28(27(22)32)33-13-14-38-24)21-10-9-19(16-23(21)30(36)34(29)4)18-7-6-8-20(15-18)37-5;1-2/h7,9-12,15-17,25,33H,6,8,13-14H2,1-5H3;2H,1H3/t25-;/m0./s1. The molecule has 218 valence electrons. The van der Waals surface area contributed by atoms with E-state index >= 15 is 0 Å². The molecule has 2 heterocycles. The number of aldehydes is 1. The number of methoxy groups -OCH3 is 1. The fraction of sp³-hybridized carbons (Fsp3) is 0.375. The van der Waals surface area contributed by atoms with Crippen LogP contribution in [0.1, 0.15) is 51.0 Å². The van der Waals surface area contributed by atoms with Gasteiger partial charge in [0.25, 0.3) is 5.56 Å². The number of hydrogen-bond donors (Lipinski definition) is 2. The number of benzene rings is 2. The van der Waals surface area contributed by atoms with Gasteiger partial charge in [-0.05, 0) is 68.0 Å². The first kappa shape index (κ1) is 30.4. The molecule has 41 heavy (non-hydrogen) atoms. The van der Waals surface area contributed by atoms with Gasteiger partial charge in [-0.2, -0.15) is 0 Å². The third-order valence-electron chi connectivity index (χ3n) is 7.02. The van der Waals surface area contributed by atoms with Crippen molar-refractivity contribution in [3.63, 3.8) is 0 Å². The fourth-order valence-electron chi connectivity index (χ4n) is 5.27. The van der Waals surface area contributed by atoms with Gasteiger partial charge in [0, 0.05) is 43.6 Å². The first-order valence-electron chi connectivity index (χ1n) is 13.5. The van der Waals surface area contributed by atoms with Crippen LogP contribution in [-0.2, 0) is 21.3 Å². The summed E-state index contributed by atoms with van der Waals surface area (Å²) in [7, 11) is 4.34. The lowest BCUT2D eigenvalue weighted by molar-refractivity contribution is -0.129. The van der Waals surface area contributed by atoms with Crippen molar-refractivity contribution >= 4 is 39.9 Å². The molecule has 2 aromatic carbocycles. The molecule has 0 radical (unpaired) electrons. The Balaban J connectivity index is 0.00000189. The van der Waals surface area contributed by atoms with Crippen LogP contribution in [-0.4, -0.2) is 48.9 Å². The molecule has 0 amide bonds. The molecule has 5 rings (SSSR count). The highest BCUT2D eigenvalue weighted by Gasteiger charge is 2.30. The van der Waals surface area contributed by atoms with E-state index in [1.807, 2.05) is 57.2 Å². The normalized spacial score (nSPS) is 15.3. The Kier molecular flexibility index (Phi) is 9.27. The molecule has 3 aromatic rings. The van der Waals surface area contributed by atoms with Crippen molar-refractivity contribution < 1.29 is 24.1 Å². The molecule has 1 atom stereocenters. The van der Waals surface area contributed by atoms with Crippen molar-refractivity contribution in [3.8, 4) is 16.9 Å². The van der Waals surface area contributed by atoms with E-state index in [-0.39, 0.29) is 5.56 Å². The molecule has 1 aliphatic carbocycles. The van der Waals surface area contributed by atoms with Crippen LogP contribution in [0.15, 0.2) is 53.0 Å². The Morgan fingerprint density at radius 3 is 2.61 bits per heavy atom. The monoisotopic (exact) mass is 580 g/mol. The Labute approximate surface area is 245 Å². The number of carbonyl (C=O) groups excluding carboxylic acids is 1. The van der Waals surface area contributed by atoms with Crippen molar-refractivity contribution in [1.82, 2.24) is 4.57 Å². The molecule has 1 aromatic heterocycles. The maximum absolute atomic E-state index is 13.9. The summed E-state index contributed by atoms with van der Waals surface area (Å²) in [4.78, 5) is 26.3. The van der Waals surface area contributed by atoms with E-state index in [0.29, 0.717) is 57.2 Å². The van der Waals surface area contributed by atoms with Crippen LogP contribution in [0.5, 0.6) is 5.75 Å². The summed E-state index contributed by atoms with van der Waals surface area (Å²) >= 11 is 7.00. The third kappa shape index (κ3) is 6.05. The van der Waals surface area contributed by atoms with Crippen LogP contribution in [0.25, 0.3) is 27.5 Å². The van der Waals surface area contributed by atoms with Crippen molar-refractivity contribution in [3.05, 3.63) is 74.9 Å². The predicted octanol–water partition coefficient (Wildman–Crippen LogP) is 6.03. The average molecular weight is 581 g/mol. The van der Waals surface area contributed by atoms with E-state index in [1.54, 1.807) is 14.2 Å². The van der Waals surface area contributed by atoms with Crippen LogP contribution >= 0.6 is 11.6 Å². The zero-order valence-electron chi connectivity index (χ0n) is 24.3. The van der Waals surface area contributed by atoms with Gasteiger partial charge >= 0.3 is 0 Å². The second kappa shape index (κ2) is 12.5. The minimum Gasteiger partial charge on any atom is -0.501 e. The summed E-state index contributed by atoms with van der Waals surface area (Å²) in [5.41, 5.74) is 3.55. The molecule has 0 fully saturated rings. The molecule has 8 nitrogen and oxygen atoms in total. The highest BCUT2D eigenvalue weighted by molar-refractivity contribution is 6.37. The second-order valence-electron chi connectivity index (χ2n) is 10.8. The Morgan fingerprint density at radius 2 is 1.93 bits per heavy atom. The number of nitrogens with zero attached hydrogens (tertiary/aromatic N) is 1. The number of allylic oxidation sites excluding steroid dienone is 4. The molecule has 0 unspecified atom stereocenters. The first-order valence-corrected chi connectivity index (χ1v) is 13.9. The summed E-state index contributed by atoms with van der Waals surface area (Å²) in [5.74, 6) is 1.57. The first-order chi connectivity index (χ1) is 19.6. The molecule has 0 spiro atoms. The van der Waals surface area contributed by atoms with Gasteiger partial charge in [-0.3, -0.25) is 4.79 Å². The van der Waals surface area contributed by atoms with Crippen LogP contribution in [0.2, 0.25) is 5.02 Å². The van der Waals surface area contributed by atoms with Crippen molar-refractivity contribution in [2.24, 2.45) is 7.05 Å². The van der Waals surface area contributed by atoms with Gasteiger partial charge in [0.2, 0.25) is 0 Å². The Morgan fingerprint density at radius 1 is 1.17 bits per heavy atom. The van der Waals surface area contributed by atoms with Crippen LogP contribution in [0.4, 0.5) is 5.69 Å². The predicted molar refractivity (Wildman–Crippen MR) is 164 cm³/mol. The summed E-state index contributed by atoms with van der Waals surface area (Å²) in [6.45, 7) is 6.79. The van der Waals surface area contributed by atoms with Gasteiger partial charge in [0.15, 0.2) is 12.4 Å². The molecular weight excluding hydrogens is 544 g/mol. The molecule has 0 saturated carbocycles. The van der Waals surface area contributed by atoms with E-state index < -0.39 is 11.7 Å². The minimum atomic E-state index is -0.994. The molecule has 0 bridgehead atoms. The average Bonchev–Trinajstić information content (AvgIpc) is 2.99. The number of rotatable bonds is 6. The highest BCUT2D eigenvalue weighted by Crippen LogP contribution is 2.45. The Hall–Kier alpha value is -3.59. The van der Waals surface area contributed by atoms with Crippen molar-refractivity contribution in [1.29, 1.82) is 0 Å². The van der Waals surface area contributed by atoms with Crippen molar-refractivity contribution in [2.75, 3.05) is 32.7 Å². The smallest absolute Gasteiger partial charge is 0.258 e. The van der Waals surface area contributed by atoms with Gasteiger partial charge in [0.05, 0.1) is 34.9 Å². The lowest BCUT2D eigenvalue weighted by Crippen LogP contribution is -2.30. The Bertz CT molecular complexity index is 1580. The molecule has 2 aliphatic rings. The minimum absolute atomic E-state index is 0.224. The zero-order chi connectivity index (χ0) is 29.9. The van der Waals surface area contributed by atoms with Gasteiger partial charge in [-0.25, -0.2) is 0 Å². The van der Waals surface area contributed by atoms with Crippen LogP contribution in [0.3, 0.4) is 0 Å². The van der Waals surface area contributed by atoms with Gasteiger partial charge in [0.1, 0.15) is 12.4 Å². The number of aliphatic hydroxyl groups is 1. The number of anilines is 1. The number of nitrogens with one attached hydrogen (secondary N) is 1. The number of ether oxygens (including phenoxy) is 3. The number of halogens is 1. The number of fused-ring (bicyclic) bond motifs is 2. The molecule has 2 N–H and O–H groups in total. The van der Waals surface area contributed by atoms with Crippen LogP contribution in [0, 0.1) is 0 Å². The van der Waals surface area contributed by atoms with Gasteiger partial charge in [-0.1, -0.05) is 29.8 Å². The van der Waals surface area contributed by atoms with Crippen molar-refractivity contribution in [2.45, 2.75) is 45.3 Å². The molecule has 9 heteroatoms. The maximum atomic E-state index is 13.9. The number of hydrogen-bond acceptors (Lipinski definition) is 7. The fourth-order valence-corrected chi connectivity index (χ4v) is 5.59.